The second kappa shape index (κ2) is 5.33. The van der Waals surface area contributed by atoms with Crippen LogP contribution in [0.2, 0.25) is 0 Å². The Balaban J connectivity index is 1.92. The van der Waals surface area contributed by atoms with Crippen LogP contribution in [0.5, 0.6) is 5.75 Å². The third-order valence-corrected chi connectivity index (χ3v) is 4.36. The van der Waals surface area contributed by atoms with Crippen LogP contribution < -0.4 is 16.1 Å². The molecule has 4 rings (SSSR count). The van der Waals surface area contributed by atoms with Crippen LogP contribution in [0.4, 0.5) is 4.39 Å². The number of ether oxygens (including phenoxy) is 1. The van der Waals surface area contributed by atoms with E-state index < -0.39 is 5.82 Å². The van der Waals surface area contributed by atoms with Crippen LogP contribution in [0.25, 0.3) is 22.0 Å². The zero-order valence-corrected chi connectivity index (χ0v) is 13.1. The lowest BCUT2D eigenvalue weighted by Crippen LogP contribution is -2.31. The van der Waals surface area contributed by atoms with Crippen molar-refractivity contribution in [1.29, 1.82) is 0 Å². The molecule has 0 radical (unpaired) electrons. The molecule has 122 valence electrons. The molecule has 0 bridgehead atoms. The number of nitrogen functional groups attached to an aromatic ring is 1. The lowest BCUT2D eigenvalue weighted by Gasteiger charge is -2.10. The fraction of sp³-hybridized carbons (Fsp3) is 0.222. The summed E-state index contributed by atoms with van der Waals surface area (Å²) in [6, 6.07) is 10.0. The molecule has 1 aliphatic carbocycles. The molecular formula is C18H16FN3O2. The summed E-state index contributed by atoms with van der Waals surface area (Å²) in [6.07, 6.45) is 2.00. The summed E-state index contributed by atoms with van der Waals surface area (Å²) in [5.41, 5.74) is 1.21. The number of halogens is 1. The van der Waals surface area contributed by atoms with E-state index in [1.54, 1.807) is 36.4 Å². The summed E-state index contributed by atoms with van der Waals surface area (Å²) >= 11 is 0. The highest BCUT2D eigenvalue weighted by atomic mass is 19.1. The summed E-state index contributed by atoms with van der Waals surface area (Å²) < 4.78 is 20.6. The van der Waals surface area contributed by atoms with Crippen LogP contribution >= 0.6 is 0 Å². The van der Waals surface area contributed by atoms with Crippen LogP contribution in [0.15, 0.2) is 41.2 Å². The fourth-order valence-corrected chi connectivity index (χ4v) is 2.90. The maximum atomic E-state index is 14.5. The van der Waals surface area contributed by atoms with Crippen molar-refractivity contribution in [2.75, 3.05) is 13.0 Å². The smallest absolute Gasteiger partial charge is 0.279 e. The van der Waals surface area contributed by atoms with E-state index in [9.17, 15) is 9.18 Å². The van der Waals surface area contributed by atoms with Crippen molar-refractivity contribution >= 4 is 10.9 Å². The molecule has 0 atom stereocenters. The average Bonchev–Trinajstić information content (AvgIpc) is 3.43. The molecule has 1 saturated carbocycles. The van der Waals surface area contributed by atoms with Crippen molar-refractivity contribution in [2.24, 2.45) is 0 Å². The van der Waals surface area contributed by atoms with Crippen LogP contribution in [-0.2, 0) is 0 Å². The molecule has 5 nitrogen and oxygen atoms in total. The first-order chi connectivity index (χ1) is 11.6. The Morgan fingerprint density at radius 1 is 1.29 bits per heavy atom. The normalized spacial score (nSPS) is 14.1. The summed E-state index contributed by atoms with van der Waals surface area (Å²) in [6.45, 7) is 0. The number of benzene rings is 2. The highest BCUT2D eigenvalue weighted by Gasteiger charge is 2.29. The molecule has 1 heterocycles. The van der Waals surface area contributed by atoms with Gasteiger partial charge in [0.15, 0.2) is 11.6 Å². The number of aromatic nitrogens is 2. The van der Waals surface area contributed by atoms with E-state index in [0.29, 0.717) is 27.9 Å². The standard InChI is InChI=1S/C18H16FN3O2/c1-24-15-4-2-3-12(16(15)19)11-7-8-14-13(9-11)18(23)22(20)17(21-14)10-5-6-10/h2-4,7-10H,5-6,20H2,1H3. The number of rotatable bonds is 3. The van der Waals surface area contributed by atoms with Gasteiger partial charge >= 0.3 is 0 Å². The zero-order chi connectivity index (χ0) is 16.8. The molecule has 24 heavy (non-hydrogen) atoms. The highest BCUT2D eigenvalue weighted by Crippen LogP contribution is 2.38. The second-order valence-electron chi connectivity index (χ2n) is 5.97. The molecule has 2 N–H and O–H groups in total. The van der Waals surface area contributed by atoms with Crippen molar-refractivity contribution < 1.29 is 9.13 Å². The molecule has 0 spiro atoms. The number of fused-ring (bicyclic) bond motifs is 1. The van der Waals surface area contributed by atoms with E-state index in [-0.39, 0.29) is 17.2 Å². The Hall–Kier alpha value is -2.89. The minimum absolute atomic E-state index is 0.158. The van der Waals surface area contributed by atoms with Gasteiger partial charge in [-0.3, -0.25) is 4.79 Å². The van der Waals surface area contributed by atoms with E-state index in [1.165, 1.54) is 7.11 Å². The van der Waals surface area contributed by atoms with Gasteiger partial charge in [0.2, 0.25) is 0 Å². The zero-order valence-electron chi connectivity index (χ0n) is 13.1. The molecule has 6 heteroatoms. The Kier molecular flexibility index (Phi) is 3.26. The summed E-state index contributed by atoms with van der Waals surface area (Å²) in [5.74, 6) is 6.48. The monoisotopic (exact) mass is 325 g/mol. The third kappa shape index (κ3) is 2.22. The van der Waals surface area contributed by atoms with Crippen LogP contribution in [0, 0.1) is 5.82 Å². The Morgan fingerprint density at radius 3 is 2.79 bits per heavy atom. The Labute approximate surface area is 137 Å². The van der Waals surface area contributed by atoms with Crippen molar-refractivity contribution in [3.8, 4) is 16.9 Å². The van der Waals surface area contributed by atoms with E-state index >= 15 is 0 Å². The van der Waals surface area contributed by atoms with Gasteiger partial charge in [-0.25, -0.2) is 14.1 Å². The Bertz CT molecular complexity index is 1010. The molecule has 1 aliphatic rings. The van der Waals surface area contributed by atoms with Crippen molar-refractivity contribution in [1.82, 2.24) is 9.66 Å². The molecular weight excluding hydrogens is 309 g/mol. The first kappa shape index (κ1) is 14.7. The predicted molar refractivity (Wildman–Crippen MR) is 90.1 cm³/mol. The van der Waals surface area contributed by atoms with Crippen LogP contribution in [0.3, 0.4) is 0 Å². The van der Waals surface area contributed by atoms with Gasteiger partial charge in [0.1, 0.15) is 5.82 Å². The number of hydrogen-bond donors (Lipinski definition) is 1. The number of nitrogens with zero attached hydrogens (tertiary/aromatic N) is 2. The van der Waals surface area contributed by atoms with Crippen molar-refractivity contribution in [3.63, 3.8) is 0 Å². The maximum absolute atomic E-state index is 14.5. The molecule has 0 unspecified atom stereocenters. The van der Waals surface area contributed by atoms with Crippen molar-refractivity contribution in [3.05, 3.63) is 58.4 Å². The lowest BCUT2D eigenvalue weighted by molar-refractivity contribution is 0.387. The fourth-order valence-electron chi connectivity index (χ4n) is 2.90. The van der Waals surface area contributed by atoms with Gasteiger partial charge < -0.3 is 10.6 Å². The Morgan fingerprint density at radius 2 is 2.08 bits per heavy atom. The predicted octanol–water partition coefficient (Wildman–Crippen LogP) is 2.80. The van der Waals surface area contributed by atoms with Gasteiger partial charge in [0, 0.05) is 11.5 Å². The minimum Gasteiger partial charge on any atom is -0.494 e. The number of hydrogen-bond acceptors (Lipinski definition) is 4. The third-order valence-electron chi connectivity index (χ3n) is 4.36. The topological polar surface area (TPSA) is 70.1 Å². The SMILES string of the molecule is COc1cccc(-c2ccc3nc(C4CC4)n(N)c(=O)c3c2)c1F. The van der Waals surface area contributed by atoms with Gasteiger partial charge in [-0.15, -0.1) is 0 Å². The molecule has 0 saturated heterocycles. The molecule has 0 amide bonds. The number of methoxy groups -OCH3 is 1. The maximum Gasteiger partial charge on any atom is 0.279 e. The molecule has 1 fully saturated rings. The first-order valence-electron chi connectivity index (χ1n) is 7.75. The summed E-state index contributed by atoms with van der Waals surface area (Å²) in [7, 11) is 1.42. The van der Waals surface area contributed by atoms with E-state index in [4.69, 9.17) is 10.6 Å². The van der Waals surface area contributed by atoms with Crippen molar-refractivity contribution in [2.45, 2.75) is 18.8 Å². The van der Waals surface area contributed by atoms with Gasteiger partial charge in [-0.2, -0.15) is 0 Å². The summed E-state index contributed by atoms with van der Waals surface area (Å²) in [5, 5.41) is 0.376. The second-order valence-corrected chi connectivity index (χ2v) is 5.97. The van der Waals surface area contributed by atoms with Gasteiger partial charge in [-0.05, 0) is 36.6 Å². The lowest BCUT2D eigenvalue weighted by atomic mass is 10.0. The quantitative estimate of drug-likeness (QED) is 0.752. The first-order valence-corrected chi connectivity index (χ1v) is 7.75. The minimum atomic E-state index is -0.463. The molecule has 3 aromatic rings. The molecule has 0 aliphatic heterocycles. The largest absolute Gasteiger partial charge is 0.494 e. The van der Waals surface area contributed by atoms with E-state index in [2.05, 4.69) is 4.98 Å². The van der Waals surface area contributed by atoms with Gasteiger partial charge in [0.25, 0.3) is 5.56 Å². The average molecular weight is 325 g/mol. The molecule has 2 aromatic carbocycles. The molecule has 1 aromatic heterocycles. The van der Waals surface area contributed by atoms with E-state index in [1.807, 2.05) is 0 Å². The summed E-state index contributed by atoms with van der Waals surface area (Å²) in [4.78, 5) is 17.1. The number of nitrogens with two attached hydrogens (primary N) is 1. The van der Waals surface area contributed by atoms with Crippen LogP contribution in [-0.4, -0.2) is 16.8 Å². The highest BCUT2D eigenvalue weighted by molar-refractivity contribution is 5.84. The van der Waals surface area contributed by atoms with Gasteiger partial charge in [0.05, 0.1) is 18.0 Å². The van der Waals surface area contributed by atoms with Gasteiger partial charge in [-0.1, -0.05) is 18.2 Å². The van der Waals surface area contributed by atoms with Crippen LogP contribution in [0.1, 0.15) is 24.6 Å². The van der Waals surface area contributed by atoms with E-state index in [0.717, 1.165) is 17.5 Å².